The number of nitrogens with zero attached hydrogens (tertiary/aromatic N) is 3. The summed E-state index contributed by atoms with van der Waals surface area (Å²) in [6.45, 7) is 4.57. The number of hydrogen-bond acceptors (Lipinski definition) is 4. The first-order chi connectivity index (χ1) is 19.6. The van der Waals surface area contributed by atoms with Crippen molar-refractivity contribution in [1.29, 1.82) is 0 Å². The number of benzene rings is 5. The number of rotatable bonds is 3. The van der Waals surface area contributed by atoms with Crippen LogP contribution in [0.25, 0.3) is 67.2 Å². The third kappa shape index (κ3) is 3.36. The lowest BCUT2D eigenvalue weighted by molar-refractivity contribution is 0.653. The molecule has 0 bridgehead atoms. The molecule has 4 heteroatoms. The number of furan rings is 1. The van der Waals surface area contributed by atoms with Crippen molar-refractivity contribution >= 4 is 21.9 Å². The van der Waals surface area contributed by atoms with Gasteiger partial charge < -0.3 is 4.42 Å². The molecule has 190 valence electrons. The van der Waals surface area contributed by atoms with Gasteiger partial charge in [-0.3, -0.25) is 0 Å². The molecule has 0 radical (unpaired) electrons. The lowest BCUT2D eigenvalue weighted by Gasteiger charge is -2.21. The molecule has 0 amide bonds. The van der Waals surface area contributed by atoms with Crippen LogP contribution in [-0.2, 0) is 5.41 Å². The SMILES string of the molecule is CC1(C)c2cc(-c3nc(-c4ccccc4)nc(-c4ccccc4)n3)ccc2-c2c1ccc1c2oc2ccccc21. The van der Waals surface area contributed by atoms with E-state index in [0.717, 1.165) is 38.6 Å². The second-order valence-electron chi connectivity index (χ2n) is 10.9. The molecule has 4 nitrogen and oxygen atoms in total. The number of para-hydroxylation sites is 1. The molecule has 0 saturated carbocycles. The van der Waals surface area contributed by atoms with Crippen LogP contribution in [0.2, 0.25) is 0 Å². The van der Waals surface area contributed by atoms with Crippen LogP contribution >= 0.6 is 0 Å². The van der Waals surface area contributed by atoms with Gasteiger partial charge >= 0.3 is 0 Å². The molecule has 0 saturated heterocycles. The van der Waals surface area contributed by atoms with Gasteiger partial charge in [0.1, 0.15) is 11.2 Å². The van der Waals surface area contributed by atoms with E-state index in [9.17, 15) is 0 Å². The predicted molar refractivity (Wildman–Crippen MR) is 161 cm³/mol. The Balaban J connectivity index is 1.33. The Bertz CT molecular complexity index is 2020. The fraction of sp³-hybridized carbons (Fsp3) is 0.0833. The Morgan fingerprint density at radius 2 is 1.12 bits per heavy atom. The molecule has 8 rings (SSSR count). The van der Waals surface area contributed by atoms with Crippen molar-refractivity contribution in [1.82, 2.24) is 15.0 Å². The van der Waals surface area contributed by atoms with Gasteiger partial charge in [-0.05, 0) is 28.8 Å². The molecule has 0 fully saturated rings. The smallest absolute Gasteiger partial charge is 0.164 e. The van der Waals surface area contributed by atoms with Gasteiger partial charge in [-0.2, -0.15) is 0 Å². The maximum absolute atomic E-state index is 6.46. The van der Waals surface area contributed by atoms with Gasteiger partial charge in [-0.25, -0.2) is 15.0 Å². The molecule has 2 heterocycles. The van der Waals surface area contributed by atoms with Crippen LogP contribution in [0, 0.1) is 0 Å². The van der Waals surface area contributed by atoms with Gasteiger partial charge in [-0.1, -0.05) is 117 Å². The molecule has 0 aliphatic heterocycles. The fourth-order valence-corrected chi connectivity index (χ4v) is 6.08. The van der Waals surface area contributed by atoms with E-state index in [-0.39, 0.29) is 5.41 Å². The fourth-order valence-electron chi connectivity index (χ4n) is 6.08. The Kier molecular flexibility index (Phi) is 4.83. The van der Waals surface area contributed by atoms with E-state index in [1.807, 2.05) is 72.8 Å². The van der Waals surface area contributed by atoms with E-state index in [1.54, 1.807) is 0 Å². The second kappa shape index (κ2) is 8.45. The Labute approximate surface area is 232 Å². The van der Waals surface area contributed by atoms with Crippen molar-refractivity contribution in [2.24, 2.45) is 0 Å². The van der Waals surface area contributed by atoms with Crippen molar-refractivity contribution < 1.29 is 4.42 Å². The third-order valence-corrected chi connectivity index (χ3v) is 8.14. The van der Waals surface area contributed by atoms with Crippen LogP contribution < -0.4 is 0 Å². The molecule has 1 aliphatic rings. The Hall–Kier alpha value is -5.09. The molecule has 2 aromatic heterocycles. The lowest BCUT2D eigenvalue weighted by Crippen LogP contribution is -2.15. The van der Waals surface area contributed by atoms with Crippen LogP contribution in [0.3, 0.4) is 0 Å². The zero-order valence-corrected chi connectivity index (χ0v) is 22.2. The van der Waals surface area contributed by atoms with Crippen molar-refractivity contribution in [3.63, 3.8) is 0 Å². The van der Waals surface area contributed by atoms with Gasteiger partial charge in [0.15, 0.2) is 17.5 Å². The zero-order valence-electron chi connectivity index (χ0n) is 22.2. The average Bonchev–Trinajstić information content (AvgIpc) is 3.50. The maximum Gasteiger partial charge on any atom is 0.164 e. The van der Waals surface area contributed by atoms with Crippen molar-refractivity contribution in [2.45, 2.75) is 19.3 Å². The standard InChI is InChI=1S/C36H25N3O/c1-36(2)28-20-19-26-25-15-9-10-16-30(25)40-32(26)31(28)27-18-17-24(21-29(27)36)35-38-33(22-11-5-3-6-12-22)37-34(39-35)23-13-7-4-8-14-23/h3-21H,1-2H3. The van der Waals surface area contributed by atoms with Gasteiger partial charge in [0.25, 0.3) is 0 Å². The van der Waals surface area contributed by atoms with Gasteiger partial charge in [0, 0.05) is 38.4 Å². The summed E-state index contributed by atoms with van der Waals surface area (Å²) in [6, 6.07) is 39.5. The summed E-state index contributed by atoms with van der Waals surface area (Å²) in [5, 5.41) is 2.30. The monoisotopic (exact) mass is 515 g/mol. The van der Waals surface area contributed by atoms with E-state index in [4.69, 9.17) is 19.4 Å². The third-order valence-electron chi connectivity index (χ3n) is 8.14. The highest BCUT2D eigenvalue weighted by molar-refractivity contribution is 6.11. The molecule has 0 N–H and O–H groups in total. The van der Waals surface area contributed by atoms with Crippen LogP contribution in [0.5, 0.6) is 0 Å². The highest BCUT2D eigenvalue weighted by Crippen LogP contribution is 2.53. The van der Waals surface area contributed by atoms with Crippen LogP contribution in [0.1, 0.15) is 25.0 Å². The van der Waals surface area contributed by atoms with E-state index >= 15 is 0 Å². The zero-order chi connectivity index (χ0) is 26.8. The normalized spacial score (nSPS) is 13.4. The second-order valence-corrected chi connectivity index (χ2v) is 10.9. The Morgan fingerprint density at radius 3 is 1.80 bits per heavy atom. The first-order valence-electron chi connectivity index (χ1n) is 13.5. The predicted octanol–water partition coefficient (Wildman–Crippen LogP) is 9.08. The molecule has 0 atom stereocenters. The minimum Gasteiger partial charge on any atom is -0.455 e. The van der Waals surface area contributed by atoms with Gasteiger partial charge in [-0.15, -0.1) is 0 Å². The van der Waals surface area contributed by atoms with Gasteiger partial charge in [0.05, 0.1) is 0 Å². The minimum absolute atomic E-state index is 0.203. The molecule has 0 spiro atoms. The molecule has 5 aromatic carbocycles. The number of aromatic nitrogens is 3. The molecular formula is C36H25N3O. The summed E-state index contributed by atoms with van der Waals surface area (Å²) in [4.78, 5) is 14.8. The quantitative estimate of drug-likeness (QED) is 0.235. The molecule has 7 aromatic rings. The molecule has 0 unspecified atom stereocenters. The number of hydrogen-bond donors (Lipinski definition) is 0. The summed E-state index contributed by atoms with van der Waals surface area (Å²) >= 11 is 0. The minimum atomic E-state index is -0.203. The molecular weight excluding hydrogens is 490 g/mol. The van der Waals surface area contributed by atoms with E-state index in [2.05, 4.69) is 56.3 Å². The van der Waals surface area contributed by atoms with Crippen molar-refractivity contribution in [3.05, 3.63) is 126 Å². The van der Waals surface area contributed by atoms with Crippen LogP contribution in [0.4, 0.5) is 0 Å². The van der Waals surface area contributed by atoms with E-state index in [1.165, 1.54) is 22.3 Å². The van der Waals surface area contributed by atoms with Crippen molar-refractivity contribution in [2.75, 3.05) is 0 Å². The maximum atomic E-state index is 6.46. The largest absolute Gasteiger partial charge is 0.455 e. The Morgan fingerprint density at radius 1 is 0.525 bits per heavy atom. The summed E-state index contributed by atoms with van der Waals surface area (Å²) in [5.41, 5.74) is 9.47. The lowest BCUT2D eigenvalue weighted by atomic mass is 9.82. The molecule has 40 heavy (non-hydrogen) atoms. The van der Waals surface area contributed by atoms with E-state index in [0.29, 0.717) is 17.5 Å². The summed E-state index contributed by atoms with van der Waals surface area (Å²) in [7, 11) is 0. The summed E-state index contributed by atoms with van der Waals surface area (Å²) in [6.07, 6.45) is 0. The van der Waals surface area contributed by atoms with Crippen LogP contribution in [-0.4, -0.2) is 15.0 Å². The topological polar surface area (TPSA) is 51.8 Å². The van der Waals surface area contributed by atoms with Crippen molar-refractivity contribution in [3.8, 4) is 45.3 Å². The first-order valence-corrected chi connectivity index (χ1v) is 13.5. The van der Waals surface area contributed by atoms with E-state index < -0.39 is 0 Å². The average molecular weight is 516 g/mol. The highest BCUT2D eigenvalue weighted by atomic mass is 16.3. The highest BCUT2D eigenvalue weighted by Gasteiger charge is 2.38. The van der Waals surface area contributed by atoms with Gasteiger partial charge in [0.2, 0.25) is 0 Å². The summed E-state index contributed by atoms with van der Waals surface area (Å²) < 4.78 is 6.46. The first kappa shape index (κ1) is 22.9. The number of fused-ring (bicyclic) bond motifs is 7. The molecule has 1 aliphatic carbocycles. The summed E-state index contributed by atoms with van der Waals surface area (Å²) in [5.74, 6) is 1.99. The van der Waals surface area contributed by atoms with Crippen LogP contribution in [0.15, 0.2) is 120 Å².